The summed E-state index contributed by atoms with van der Waals surface area (Å²) in [6.45, 7) is 1.27. The number of ether oxygens (including phenoxy) is 1. The van der Waals surface area contributed by atoms with Crippen LogP contribution in [-0.2, 0) is 17.5 Å². The van der Waals surface area contributed by atoms with Crippen molar-refractivity contribution < 1.29 is 17.9 Å². The SMILES string of the molecule is CN=C(NCc1ccc(C(F)(F)F)cc1)NC1C2CCOC2C12CCC2.I. The molecule has 0 radical (unpaired) electrons. The first-order chi connectivity index (χ1) is 12.4. The zero-order chi connectivity index (χ0) is 18.4. The Labute approximate surface area is 174 Å². The summed E-state index contributed by atoms with van der Waals surface area (Å²) in [6, 6.07) is 5.61. The molecule has 0 amide bonds. The second-order valence-corrected chi connectivity index (χ2v) is 7.57. The molecule has 3 atom stereocenters. The molecule has 150 valence electrons. The van der Waals surface area contributed by atoms with Gasteiger partial charge in [0.2, 0.25) is 0 Å². The molecule has 2 N–H and O–H groups in total. The standard InChI is InChI=1S/C19H24F3N3O.HI/c1-23-17(24-11-12-3-5-13(6-4-12)19(20,21)22)25-15-14-7-10-26-16(14)18(15)8-2-9-18;/h3-6,14-16H,2,7-11H2,1H3,(H2,23,24,25);1H. The summed E-state index contributed by atoms with van der Waals surface area (Å²) in [5.74, 6) is 1.24. The highest BCUT2D eigenvalue weighted by Gasteiger charge is 2.66. The van der Waals surface area contributed by atoms with Gasteiger partial charge in [0, 0.05) is 37.6 Å². The Hall–Kier alpha value is -1.03. The van der Waals surface area contributed by atoms with Crippen LogP contribution >= 0.6 is 24.0 Å². The molecule has 4 nitrogen and oxygen atoms in total. The fourth-order valence-corrected chi connectivity index (χ4v) is 4.80. The van der Waals surface area contributed by atoms with Crippen LogP contribution in [0.25, 0.3) is 0 Å². The molecule has 1 aromatic rings. The van der Waals surface area contributed by atoms with Crippen molar-refractivity contribution in [3.63, 3.8) is 0 Å². The average molecular weight is 495 g/mol. The summed E-state index contributed by atoms with van der Waals surface area (Å²) in [5.41, 5.74) is 0.417. The quantitative estimate of drug-likeness (QED) is 0.380. The van der Waals surface area contributed by atoms with E-state index in [-0.39, 0.29) is 29.4 Å². The first-order valence-corrected chi connectivity index (χ1v) is 9.19. The van der Waals surface area contributed by atoms with Gasteiger partial charge in [-0.15, -0.1) is 24.0 Å². The molecule has 0 aromatic heterocycles. The van der Waals surface area contributed by atoms with Crippen molar-refractivity contribution in [2.45, 2.75) is 50.6 Å². The van der Waals surface area contributed by atoms with Crippen LogP contribution in [0.15, 0.2) is 29.3 Å². The smallest absolute Gasteiger partial charge is 0.377 e. The highest BCUT2D eigenvalue weighted by molar-refractivity contribution is 14.0. The largest absolute Gasteiger partial charge is 0.416 e. The van der Waals surface area contributed by atoms with Gasteiger partial charge in [0.15, 0.2) is 5.96 Å². The maximum Gasteiger partial charge on any atom is 0.416 e. The van der Waals surface area contributed by atoms with Crippen molar-refractivity contribution in [3.8, 4) is 0 Å². The van der Waals surface area contributed by atoms with E-state index in [0.29, 0.717) is 30.6 Å². The van der Waals surface area contributed by atoms with E-state index in [1.807, 2.05) is 0 Å². The maximum atomic E-state index is 12.6. The lowest BCUT2D eigenvalue weighted by Gasteiger charge is -2.63. The van der Waals surface area contributed by atoms with E-state index in [9.17, 15) is 13.2 Å². The lowest BCUT2D eigenvalue weighted by Crippen LogP contribution is -2.72. The molecule has 0 bridgehead atoms. The number of guanidine groups is 1. The Morgan fingerprint density at radius 1 is 1.26 bits per heavy atom. The number of hydrogen-bond donors (Lipinski definition) is 2. The van der Waals surface area contributed by atoms with E-state index in [2.05, 4.69) is 15.6 Å². The van der Waals surface area contributed by atoms with Gasteiger partial charge in [0.25, 0.3) is 0 Å². The molecule has 1 saturated heterocycles. The molecular formula is C19H25F3IN3O. The van der Waals surface area contributed by atoms with Crippen LogP contribution in [0.2, 0.25) is 0 Å². The summed E-state index contributed by atoms with van der Waals surface area (Å²) < 4.78 is 43.9. The van der Waals surface area contributed by atoms with Crippen molar-refractivity contribution in [2.75, 3.05) is 13.7 Å². The van der Waals surface area contributed by atoms with Gasteiger partial charge in [-0.3, -0.25) is 4.99 Å². The number of nitrogens with zero attached hydrogens (tertiary/aromatic N) is 1. The Kier molecular flexibility index (Phi) is 5.96. The fraction of sp³-hybridized carbons (Fsp3) is 0.632. The van der Waals surface area contributed by atoms with Gasteiger partial charge in [-0.1, -0.05) is 18.6 Å². The number of hydrogen-bond acceptors (Lipinski definition) is 2. The van der Waals surface area contributed by atoms with E-state index >= 15 is 0 Å². The van der Waals surface area contributed by atoms with Gasteiger partial charge in [0.05, 0.1) is 11.7 Å². The molecular weight excluding hydrogens is 470 g/mol. The minimum Gasteiger partial charge on any atom is -0.377 e. The molecule has 1 aliphatic heterocycles. The summed E-state index contributed by atoms with van der Waals surface area (Å²) in [4.78, 5) is 4.29. The van der Waals surface area contributed by atoms with Gasteiger partial charge in [-0.05, 0) is 37.0 Å². The molecule has 8 heteroatoms. The van der Waals surface area contributed by atoms with Crippen LogP contribution in [0, 0.1) is 11.3 Å². The number of aliphatic imine (C=N–C) groups is 1. The van der Waals surface area contributed by atoms with Crippen LogP contribution in [-0.4, -0.2) is 31.8 Å². The second kappa shape index (κ2) is 7.77. The Balaban J connectivity index is 0.00000210. The summed E-state index contributed by atoms with van der Waals surface area (Å²) in [5, 5.41) is 6.78. The van der Waals surface area contributed by atoms with Gasteiger partial charge in [-0.2, -0.15) is 13.2 Å². The summed E-state index contributed by atoms with van der Waals surface area (Å²) >= 11 is 0. The lowest BCUT2D eigenvalue weighted by molar-refractivity contribution is -0.171. The molecule has 3 unspecified atom stereocenters. The van der Waals surface area contributed by atoms with Crippen molar-refractivity contribution in [1.29, 1.82) is 0 Å². The van der Waals surface area contributed by atoms with Crippen molar-refractivity contribution in [2.24, 2.45) is 16.3 Å². The van der Waals surface area contributed by atoms with E-state index in [1.165, 1.54) is 31.4 Å². The predicted octanol–water partition coefficient (Wildman–Crippen LogP) is 3.95. The summed E-state index contributed by atoms with van der Waals surface area (Å²) in [6.07, 6.45) is 0.818. The monoisotopic (exact) mass is 495 g/mol. The lowest BCUT2D eigenvalue weighted by atomic mass is 9.46. The molecule has 2 saturated carbocycles. The number of halogens is 4. The first-order valence-electron chi connectivity index (χ1n) is 9.19. The van der Waals surface area contributed by atoms with Gasteiger partial charge in [-0.25, -0.2) is 0 Å². The maximum absolute atomic E-state index is 12.6. The minimum absolute atomic E-state index is 0. The third kappa shape index (κ3) is 3.66. The number of alkyl halides is 3. The molecule has 3 fully saturated rings. The van der Waals surface area contributed by atoms with Gasteiger partial charge in [0.1, 0.15) is 0 Å². The Bertz CT molecular complexity index is 688. The van der Waals surface area contributed by atoms with Gasteiger partial charge >= 0.3 is 6.18 Å². The van der Waals surface area contributed by atoms with Crippen LogP contribution in [0.4, 0.5) is 13.2 Å². The third-order valence-corrected chi connectivity index (χ3v) is 6.29. The topological polar surface area (TPSA) is 45.7 Å². The Morgan fingerprint density at radius 3 is 2.52 bits per heavy atom. The van der Waals surface area contributed by atoms with E-state index in [0.717, 1.165) is 30.7 Å². The average Bonchev–Trinajstić information content (AvgIpc) is 2.98. The zero-order valence-corrected chi connectivity index (χ0v) is 17.5. The van der Waals surface area contributed by atoms with E-state index in [1.54, 1.807) is 7.05 Å². The van der Waals surface area contributed by atoms with Crippen LogP contribution in [0.5, 0.6) is 0 Å². The molecule has 3 aliphatic rings. The molecule has 1 spiro atoms. The Morgan fingerprint density at radius 2 is 1.96 bits per heavy atom. The molecule has 2 aliphatic carbocycles. The number of rotatable bonds is 3. The van der Waals surface area contributed by atoms with Crippen molar-refractivity contribution in [3.05, 3.63) is 35.4 Å². The fourth-order valence-electron chi connectivity index (χ4n) is 4.80. The van der Waals surface area contributed by atoms with E-state index < -0.39 is 11.7 Å². The first kappa shape index (κ1) is 20.7. The van der Waals surface area contributed by atoms with Crippen molar-refractivity contribution in [1.82, 2.24) is 10.6 Å². The molecule has 4 rings (SSSR count). The number of nitrogens with one attached hydrogen (secondary N) is 2. The predicted molar refractivity (Wildman–Crippen MR) is 108 cm³/mol. The van der Waals surface area contributed by atoms with Crippen LogP contribution < -0.4 is 10.6 Å². The molecule has 1 heterocycles. The summed E-state index contributed by atoms with van der Waals surface area (Å²) in [7, 11) is 1.72. The normalized spacial score (nSPS) is 28.6. The van der Waals surface area contributed by atoms with Gasteiger partial charge < -0.3 is 15.4 Å². The number of benzene rings is 1. The molecule has 1 aromatic carbocycles. The third-order valence-electron chi connectivity index (χ3n) is 6.29. The van der Waals surface area contributed by atoms with Crippen LogP contribution in [0.1, 0.15) is 36.8 Å². The highest BCUT2D eigenvalue weighted by atomic mass is 127. The van der Waals surface area contributed by atoms with E-state index in [4.69, 9.17) is 4.74 Å². The molecule has 27 heavy (non-hydrogen) atoms. The highest BCUT2D eigenvalue weighted by Crippen LogP contribution is 2.62. The number of fused-ring (bicyclic) bond motifs is 2. The zero-order valence-electron chi connectivity index (χ0n) is 15.2. The minimum atomic E-state index is -4.30. The van der Waals surface area contributed by atoms with Crippen LogP contribution in [0.3, 0.4) is 0 Å². The van der Waals surface area contributed by atoms with Crippen molar-refractivity contribution >= 4 is 29.9 Å². The second-order valence-electron chi connectivity index (χ2n) is 7.57.